The quantitative estimate of drug-likeness (QED) is 0.209. The Bertz CT molecular complexity index is 1980. The number of nitrogens with zero attached hydrogens (tertiary/aromatic N) is 2. The molecule has 5 aromatic carbocycles. The Balaban J connectivity index is 1.36. The molecule has 2 aromatic heterocycles. The van der Waals surface area contributed by atoms with Crippen molar-refractivity contribution in [3.63, 3.8) is 0 Å². The predicted octanol–water partition coefficient (Wildman–Crippen LogP) is 9.99. The second-order valence-corrected chi connectivity index (χ2v) is 10.7. The van der Waals surface area contributed by atoms with E-state index in [-0.39, 0.29) is 0 Å². The van der Waals surface area contributed by atoms with Gasteiger partial charge in [0.15, 0.2) is 0 Å². The lowest BCUT2D eigenvalue weighted by atomic mass is 9.86. The molecular weight excluding hydrogens is 496 g/mol. The van der Waals surface area contributed by atoms with Crippen LogP contribution in [0.3, 0.4) is 0 Å². The summed E-state index contributed by atoms with van der Waals surface area (Å²) in [4.78, 5) is 9.49. The Morgan fingerprint density at radius 2 is 0.951 bits per heavy atom. The molecular formula is C39H30N2. The van der Waals surface area contributed by atoms with Gasteiger partial charge in [0.25, 0.3) is 0 Å². The summed E-state index contributed by atoms with van der Waals surface area (Å²) in [6.07, 6.45) is 0.857. The summed E-state index contributed by atoms with van der Waals surface area (Å²) in [6, 6.07) is 47.8. The number of fused-ring (bicyclic) bond motifs is 2. The zero-order valence-corrected chi connectivity index (χ0v) is 23.3. The topological polar surface area (TPSA) is 25.8 Å². The fraction of sp³-hybridized carbons (Fsp3) is 0.0769. The van der Waals surface area contributed by atoms with Gasteiger partial charge in [-0.25, -0.2) is 0 Å². The van der Waals surface area contributed by atoms with Crippen LogP contribution in [0.1, 0.15) is 22.5 Å². The fourth-order valence-corrected chi connectivity index (χ4v) is 5.96. The van der Waals surface area contributed by atoms with Crippen LogP contribution in [0.25, 0.3) is 55.2 Å². The zero-order valence-electron chi connectivity index (χ0n) is 23.3. The van der Waals surface area contributed by atoms with Gasteiger partial charge in [0.05, 0.1) is 11.4 Å². The number of aryl methyl sites for hydroxylation is 2. The molecule has 7 aromatic rings. The van der Waals surface area contributed by atoms with Crippen molar-refractivity contribution in [2.75, 3.05) is 0 Å². The molecule has 7 rings (SSSR count). The number of aromatic nitrogens is 2. The number of benzene rings is 5. The highest BCUT2D eigenvalue weighted by atomic mass is 14.7. The summed E-state index contributed by atoms with van der Waals surface area (Å²) in [7, 11) is 0. The third-order valence-corrected chi connectivity index (χ3v) is 7.90. The van der Waals surface area contributed by atoms with Gasteiger partial charge in [-0.1, -0.05) is 103 Å². The van der Waals surface area contributed by atoms with Gasteiger partial charge in [0, 0.05) is 22.5 Å². The standard InChI is InChI=1S/C39H30N2/c1-26-10-7-18-37(40-26)29-22-20-28(21-23-29)24-36-32-14-3-5-16-34(32)39(35-17-6-4-15-33(35)36)31-13-9-12-30(25-31)38-19-8-11-27(2)41-38/h3-23,25H,24H2,1-2H3. The van der Waals surface area contributed by atoms with Gasteiger partial charge in [-0.3, -0.25) is 9.97 Å². The number of rotatable bonds is 5. The van der Waals surface area contributed by atoms with E-state index in [0.29, 0.717) is 0 Å². The lowest BCUT2D eigenvalue weighted by Crippen LogP contribution is -1.96. The Morgan fingerprint density at radius 1 is 0.439 bits per heavy atom. The summed E-state index contributed by atoms with van der Waals surface area (Å²) < 4.78 is 0. The van der Waals surface area contributed by atoms with Crippen molar-refractivity contribution in [1.29, 1.82) is 0 Å². The van der Waals surface area contributed by atoms with E-state index in [4.69, 9.17) is 9.97 Å². The first-order valence-corrected chi connectivity index (χ1v) is 14.1. The molecule has 0 N–H and O–H groups in total. The molecule has 41 heavy (non-hydrogen) atoms. The van der Waals surface area contributed by atoms with Gasteiger partial charge in [-0.15, -0.1) is 0 Å². The van der Waals surface area contributed by atoms with Crippen LogP contribution in [-0.2, 0) is 6.42 Å². The first kappa shape index (κ1) is 24.9. The normalized spacial score (nSPS) is 11.3. The highest BCUT2D eigenvalue weighted by Gasteiger charge is 2.16. The van der Waals surface area contributed by atoms with E-state index in [0.717, 1.165) is 40.3 Å². The van der Waals surface area contributed by atoms with Crippen LogP contribution < -0.4 is 0 Å². The minimum atomic E-state index is 0.857. The average molecular weight is 527 g/mol. The van der Waals surface area contributed by atoms with E-state index in [1.165, 1.54) is 43.8 Å². The van der Waals surface area contributed by atoms with Crippen LogP contribution in [-0.4, -0.2) is 9.97 Å². The van der Waals surface area contributed by atoms with Gasteiger partial charge < -0.3 is 0 Å². The molecule has 0 amide bonds. The van der Waals surface area contributed by atoms with E-state index in [1.807, 2.05) is 26.0 Å². The highest BCUT2D eigenvalue weighted by molar-refractivity contribution is 6.15. The third kappa shape index (κ3) is 4.79. The zero-order chi connectivity index (χ0) is 27.8. The van der Waals surface area contributed by atoms with Gasteiger partial charge >= 0.3 is 0 Å². The van der Waals surface area contributed by atoms with Crippen LogP contribution in [0, 0.1) is 13.8 Å². The molecule has 0 aliphatic rings. The van der Waals surface area contributed by atoms with Crippen LogP contribution >= 0.6 is 0 Å². The Labute approximate surface area is 241 Å². The lowest BCUT2D eigenvalue weighted by molar-refractivity contribution is 1.20. The SMILES string of the molecule is Cc1cccc(-c2ccc(Cc3c4ccccc4c(-c4cccc(-c5cccc(C)n5)c4)c4ccccc34)cc2)n1. The first-order chi connectivity index (χ1) is 20.1. The Kier molecular flexibility index (Phi) is 6.37. The maximum absolute atomic E-state index is 4.79. The maximum Gasteiger partial charge on any atom is 0.0705 e. The maximum atomic E-state index is 4.79. The summed E-state index contributed by atoms with van der Waals surface area (Å²) in [6.45, 7) is 4.08. The molecule has 0 saturated carbocycles. The van der Waals surface area contributed by atoms with Crippen molar-refractivity contribution in [3.8, 4) is 33.6 Å². The number of hydrogen-bond donors (Lipinski definition) is 0. The van der Waals surface area contributed by atoms with Crippen LogP contribution in [0.5, 0.6) is 0 Å². The lowest BCUT2D eigenvalue weighted by Gasteiger charge is -2.18. The van der Waals surface area contributed by atoms with Gasteiger partial charge in [0.2, 0.25) is 0 Å². The second kappa shape index (κ2) is 10.5. The van der Waals surface area contributed by atoms with Crippen molar-refractivity contribution < 1.29 is 0 Å². The van der Waals surface area contributed by atoms with E-state index >= 15 is 0 Å². The number of pyridine rings is 2. The molecule has 0 radical (unpaired) electrons. The average Bonchev–Trinajstić information content (AvgIpc) is 3.01. The molecule has 0 aliphatic carbocycles. The van der Waals surface area contributed by atoms with Gasteiger partial charge in [-0.2, -0.15) is 0 Å². The van der Waals surface area contributed by atoms with Gasteiger partial charge in [-0.05, 0) is 94.4 Å². The molecule has 0 aliphatic heterocycles. The predicted molar refractivity (Wildman–Crippen MR) is 172 cm³/mol. The molecule has 2 nitrogen and oxygen atoms in total. The summed E-state index contributed by atoms with van der Waals surface area (Å²) >= 11 is 0. The van der Waals surface area contributed by atoms with Crippen LogP contribution in [0.2, 0.25) is 0 Å². The van der Waals surface area contributed by atoms with Crippen molar-refractivity contribution in [2.45, 2.75) is 20.3 Å². The summed E-state index contributed by atoms with van der Waals surface area (Å²) in [5.74, 6) is 0. The summed E-state index contributed by atoms with van der Waals surface area (Å²) in [5, 5.41) is 5.14. The number of hydrogen-bond acceptors (Lipinski definition) is 2. The largest absolute Gasteiger partial charge is 0.253 e. The van der Waals surface area contributed by atoms with Crippen LogP contribution in [0.4, 0.5) is 0 Å². The molecule has 2 heteroatoms. The van der Waals surface area contributed by atoms with Crippen molar-refractivity contribution in [2.24, 2.45) is 0 Å². The van der Waals surface area contributed by atoms with Crippen molar-refractivity contribution in [1.82, 2.24) is 9.97 Å². The molecule has 0 fully saturated rings. The van der Waals surface area contributed by atoms with E-state index < -0.39 is 0 Å². The van der Waals surface area contributed by atoms with Gasteiger partial charge in [0.1, 0.15) is 0 Å². The molecule has 196 valence electrons. The minimum absolute atomic E-state index is 0.857. The van der Waals surface area contributed by atoms with E-state index in [9.17, 15) is 0 Å². The third-order valence-electron chi connectivity index (χ3n) is 7.90. The monoisotopic (exact) mass is 526 g/mol. The molecule has 0 atom stereocenters. The molecule has 0 saturated heterocycles. The van der Waals surface area contributed by atoms with Crippen LogP contribution in [0.15, 0.2) is 133 Å². The smallest absolute Gasteiger partial charge is 0.0705 e. The van der Waals surface area contributed by atoms with E-state index in [1.54, 1.807) is 0 Å². The molecule has 2 heterocycles. The molecule has 0 spiro atoms. The molecule has 0 bridgehead atoms. The fourth-order valence-electron chi connectivity index (χ4n) is 5.96. The Hall–Kier alpha value is -5.08. The first-order valence-electron chi connectivity index (χ1n) is 14.1. The highest BCUT2D eigenvalue weighted by Crippen LogP contribution is 2.41. The van der Waals surface area contributed by atoms with Crippen molar-refractivity contribution in [3.05, 3.63) is 156 Å². The van der Waals surface area contributed by atoms with Crippen molar-refractivity contribution >= 4 is 21.5 Å². The summed E-state index contributed by atoms with van der Waals surface area (Å²) in [5.41, 5.74) is 11.5. The van der Waals surface area contributed by atoms with E-state index in [2.05, 4.69) is 121 Å². The second-order valence-electron chi connectivity index (χ2n) is 10.7. The molecule has 0 unspecified atom stereocenters. The Morgan fingerprint density at radius 3 is 1.54 bits per heavy atom. The minimum Gasteiger partial charge on any atom is -0.253 e.